The molecule has 186 valence electrons. The molecule has 4 rings (SSSR count). The number of fused-ring (bicyclic) bond motifs is 1. The lowest BCUT2D eigenvalue weighted by Crippen LogP contribution is -2.48. The lowest BCUT2D eigenvalue weighted by Gasteiger charge is -2.37. The van der Waals surface area contributed by atoms with Crippen LogP contribution < -0.4 is 4.74 Å². The summed E-state index contributed by atoms with van der Waals surface area (Å²) in [5.41, 5.74) is 2.37. The number of hydrogen-bond acceptors (Lipinski definition) is 6. The van der Waals surface area contributed by atoms with Gasteiger partial charge in [0.1, 0.15) is 18.9 Å². The van der Waals surface area contributed by atoms with Crippen LogP contribution in [0.5, 0.6) is 5.75 Å². The van der Waals surface area contributed by atoms with E-state index in [1.165, 1.54) is 21.6 Å². The number of nitrogens with zero attached hydrogens (tertiary/aromatic N) is 2. The van der Waals surface area contributed by atoms with Gasteiger partial charge in [-0.3, -0.25) is 9.59 Å². The van der Waals surface area contributed by atoms with Gasteiger partial charge >= 0.3 is 0 Å². The van der Waals surface area contributed by atoms with Gasteiger partial charge in [0, 0.05) is 25.1 Å². The standard InChI is InChI=1S/C27H32N2O5S/c1-19(2)20-6-8-21(9-7-20)34-18-23-22-11-16-35-25(22)10-12-29(23)26(30)17-28(13-15-32-3)27(31)24-5-4-14-33-24/h4-9,11,14,16,19,23H,10,12-13,15,17-18H2,1-3H3. The largest absolute Gasteiger partial charge is 0.491 e. The molecule has 0 aliphatic carbocycles. The van der Waals surface area contributed by atoms with Gasteiger partial charge in [-0.05, 0) is 59.2 Å². The third kappa shape index (κ3) is 5.94. The van der Waals surface area contributed by atoms with Gasteiger partial charge in [0.15, 0.2) is 5.76 Å². The summed E-state index contributed by atoms with van der Waals surface area (Å²) in [6.45, 7) is 5.82. The Morgan fingerprint density at radius 2 is 2.00 bits per heavy atom. The van der Waals surface area contributed by atoms with Crippen molar-refractivity contribution < 1.29 is 23.5 Å². The van der Waals surface area contributed by atoms with Crippen molar-refractivity contribution in [1.29, 1.82) is 0 Å². The Morgan fingerprint density at radius 3 is 2.69 bits per heavy atom. The van der Waals surface area contributed by atoms with Crippen LogP contribution in [0.1, 0.15) is 52.4 Å². The topological polar surface area (TPSA) is 72.2 Å². The molecule has 0 fully saturated rings. The quantitative estimate of drug-likeness (QED) is 0.405. The number of benzene rings is 1. The number of thiophene rings is 1. The van der Waals surface area contributed by atoms with Gasteiger partial charge in [-0.1, -0.05) is 26.0 Å². The summed E-state index contributed by atoms with van der Waals surface area (Å²) in [4.78, 5) is 31.1. The van der Waals surface area contributed by atoms with Crippen molar-refractivity contribution in [2.24, 2.45) is 0 Å². The first-order valence-electron chi connectivity index (χ1n) is 11.9. The monoisotopic (exact) mass is 496 g/mol. The van der Waals surface area contributed by atoms with Crippen LogP contribution in [0.4, 0.5) is 0 Å². The number of carbonyl (C=O) groups is 2. The summed E-state index contributed by atoms with van der Waals surface area (Å²) in [5.74, 6) is 0.985. The Bertz CT molecular complexity index is 1110. The zero-order valence-electron chi connectivity index (χ0n) is 20.4. The summed E-state index contributed by atoms with van der Waals surface area (Å²) >= 11 is 1.71. The summed E-state index contributed by atoms with van der Waals surface area (Å²) in [5, 5.41) is 2.06. The number of carbonyl (C=O) groups excluding carboxylic acids is 2. The van der Waals surface area contributed by atoms with E-state index >= 15 is 0 Å². The van der Waals surface area contributed by atoms with Crippen LogP contribution in [0.15, 0.2) is 58.5 Å². The minimum atomic E-state index is -0.327. The highest BCUT2D eigenvalue weighted by atomic mass is 32.1. The second-order valence-corrected chi connectivity index (χ2v) is 9.88. The predicted octanol–water partition coefficient (Wildman–Crippen LogP) is 4.76. The molecule has 2 aromatic heterocycles. The fraction of sp³-hybridized carbons (Fsp3) is 0.407. The Morgan fingerprint density at radius 1 is 1.20 bits per heavy atom. The predicted molar refractivity (Wildman–Crippen MR) is 135 cm³/mol. The zero-order chi connectivity index (χ0) is 24.8. The maximum atomic E-state index is 13.5. The molecule has 0 bridgehead atoms. The van der Waals surface area contributed by atoms with Crippen LogP contribution >= 0.6 is 11.3 Å². The van der Waals surface area contributed by atoms with Crippen LogP contribution in [-0.4, -0.2) is 61.6 Å². The van der Waals surface area contributed by atoms with E-state index in [0.717, 1.165) is 17.7 Å². The number of ether oxygens (including phenoxy) is 2. The molecule has 2 amide bonds. The second kappa shape index (κ2) is 11.6. The van der Waals surface area contributed by atoms with Crippen LogP contribution in [0.25, 0.3) is 0 Å². The molecule has 0 radical (unpaired) electrons. The van der Waals surface area contributed by atoms with Crippen molar-refractivity contribution in [3.8, 4) is 5.75 Å². The molecule has 0 N–H and O–H groups in total. The number of furan rings is 1. The van der Waals surface area contributed by atoms with Crippen molar-refractivity contribution in [3.63, 3.8) is 0 Å². The van der Waals surface area contributed by atoms with Gasteiger partial charge < -0.3 is 23.7 Å². The van der Waals surface area contributed by atoms with Crippen LogP contribution in [-0.2, 0) is 16.0 Å². The number of amides is 2. The maximum absolute atomic E-state index is 13.5. The molecule has 1 unspecified atom stereocenters. The third-order valence-corrected chi connectivity index (χ3v) is 7.28. The number of methoxy groups -OCH3 is 1. The van der Waals surface area contributed by atoms with Gasteiger partial charge in [-0.15, -0.1) is 11.3 Å². The van der Waals surface area contributed by atoms with Crippen LogP contribution in [0, 0.1) is 0 Å². The Kier molecular flexibility index (Phi) is 8.25. The SMILES string of the molecule is COCCN(CC(=O)N1CCc2sccc2C1COc1ccc(C(C)C)cc1)C(=O)c1ccco1. The van der Waals surface area contributed by atoms with Gasteiger partial charge in [0.2, 0.25) is 5.91 Å². The highest BCUT2D eigenvalue weighted by molar-refractivity contribution is 7.10. The van der Waals surface area contributed by atoms with Crippen molar-refractivity contribution in [2.75, 3.05) is 40.0 Å². The summed E-state index contributed by atoms with van der Waals surface area (Å²) in [7, 11) is 1.57. The normalized spacial score (nSPS) is 15.2. The molecule has 0 saturated heterocycles. The molecule has 1 aliphatic rings. The number of rotatable bonds is 10. The van der Waals surface area contributed by atoms with Gasteiger partial charge in [-0.2, -0.15) is 0 Å². The highest BCUT2D eigenvalue weighted by Gasteiger charge is 2.34. The van der Waals surface area contributed by atoms with E-state index in [-0.39, 0.29) is 30.2 Å². The third-order valence-electron chi connectivity index (χ3n) is 6.28. The molecular weight excluding hydrogens is 464 g/mol. The highest BCUT2D eigenvalue weighted by Crippen LogP contribution is 2.34. The number of hydrogen-bond donors (Lipinski definition) is 0. The molecule has 1 aromatic carbocycles. The van der Waals surface area contributed by atoms with Gasteiger partial charge in [0.05, 0.1) is 18.9 Å². The summed E-state index contributed by atoms with van der Waals surface area (Å²) < 4.78 is 16.6. The lowest BCUT2D eigenvalue weighted by molar-refractivity contribution is -0.135. The molecule has 1 atom stereocenters. The summed E-state index contributed by atoms with van der Waals surface area (Å²) in [6.07, 6.45) is 2.25. The van der Waals surface area contributed by atoms with Crippen molar-refractivity contribution in [2.45, 2.75) is 32.2 Å². The molecular formula is C27H32N2O5S. The fourth-order valence-electron chi connectivity index (χ4n) is 4.26. The van der Waals surface area contributed by atoms with E-state index in [0.29, 0.717) is 32.2 Å². The minimum Gasteiger partial charge on any atom is -0.491 e. The first-order chi connectivity index (χ1) is 17.0. The van der Waals surface area contributed by atoms with E-state index in [4.69, 9.17) is 13.9 Å². The van der Waals surface area contributed by atoms with Crippen LogP contribution in [0.2, 0.25) is 0 Å². The molecule has 3 aromatic rings. The molecule has 1 aliphatic heterocycles. The molecule has 0 saturated carbocycles. The van der Waals surface area contributed by atoms with Crippen LogP contribution in [0.3, 0.4) is 0 Å². The Hall–Kier alpha value is -3.10. The van der Waals surface area contributed by atoms with E-state index in [9.17, 15) is 9.59 Å². The van der Waals surface area contributed by atoms with Gasteiger partial charge in [-0.25, -0.2) is 0 Å². The Labute approximate surface area is 210 Å². The average Bonchev–Trinajstić information content (AvgIpc) is 3.57. The van der Waals surface area contributed by atoms with E-state index in [1.54, 1.807) is 30.6 Å². The molecule has 8 heteroatoms. The molecule has 7 nitrogen and oxygen atoms in total. The lowest BCUT2D eigenvalue weighted by atomic mass is 10.00. The fourth-order valence-corrected chi connectivity index (χ4v) is 5.19. The van der Waals surface area contributed by atoms with E-state index < -0.39 is 0 Å². The van der Waals surface area contributed by atoms with E-state index in [2.05, 4.69) is 37.4 Å². The van der Waals surface area contributed by atoms with Crippen molar-refractivity contribution in [3.05, 3.63) is 75.9 Å². The zero-order valence-corrected chi connectivity index (χ0v) is 21.3. The van der Waals surface area contributed by atoms with Crippen molar-refractivity contribution in [1.82, 2.24) is 9.80 Å². The molecule has 35 heavy (non-hydrogen) atoms. The van der Waals surface area contributed by atoms with Gasteiger partial charge in [0.25, 0.3) is 5.91 Å². The first-order valence-corrected chi connectivity index (χ1v) is 12.8. The summed E-state index contributed by atoms with van der Waals surface area (Å²) in [6, 6.07) is 13.2. The van der Waals surface area contributed by atoms with E-state index in [1.807, 2.05) is 17.0 Å². The minimum absolute atomic E-state index is 0.0536. The molecule has 3 heterocycles. The molecule has 0 spiro atoms. The Balaban J connectivity index is 1.49. The second-order valence-electron chi connectivity index (χ2n) is 8.88. The first kappa shape index (κ1) is 25.0. The smallest absolute Gasteiger partial charge is 0.290 e. The average molecular weight is 497 g/mol. The van der Waals surface area contributed by atoms with Crippen molar-refractivity contribution >= 4 is 23.2 Å². The maximum Gasteiger partial charge on any atom is 0.290 e.